The number of fused-ring (bicyclic) bond motifs is 3. The number of aromatic nitrogens is 4. The zero-order chi connectivity index (χ0) is 35.3. The number of amides is 1. The van der Waals surface area contributed by atoms with Crippen LogP contribution >= 0.6 is 11.3 Å². The third kappa shape index (κ3) is 5.96. The molecule has 5 aromatic rings. The predicted octanol–water partition coefficient (Wildman–Crippen LogP) is 6.42. The zero-order valence-corrected chi connectivity index (χ0v) is 28.7. The van der Waals surface area contributed by atoms with Crippen molar-refractivity contribution in [2.45, 2.75) is 43.4 Å². The normalized spacial score (nSPS) is 22.1. The van der Waals surface area contributed by atoms with E-state index in [2.05, 4.69) is 25.8 Å². The number of hydrogen-bond acceptors (Lipinski definition) is 9. The van der Waals surface area contributed by atoms with Crippen molar-refractivity contribution < 1.29 is 22.7 Å². The Balaban J connectivity index is 1.17. The molecule has 0 aliphatic carbocycles. The van der Waals surface area contributed by atoms with Crippen LogP contribution in [-0.2, 0) is 4.79 Å². The Bertz CT molecular complexity index is 2220. The van der Waals surface area contributed by atoms with Gasteiger partial charge in [0, 0.05) is 79.5 Å². The molecule has 0 N–H and O–H groups in total. The lowest BCUT2D eigenvalue weighted by Gasteiger charge is -2.31. The highest BCUT2D eigenvalue weighted by molar-refractivity contribution is 7.10. The summed E-state index contributed by atoms with van der Waals surface area (Å²) < 4.78 is 52.6. The van der Waals surface area contributed by atoms with E-state index in [1.54, 1.807) is 30.8 Å². The second kappa shape index (κ2) is 13.2. The molecule has 0 radical (unpaired) electrons. The number of hydrogen-bond donors (Lipinski definition) is 0. The van der Waals surface area contributed by atoms with Crippen LogP contribution in [0.2, 0.25) is 0 Å². The Morgan fingerprint density at radius 1 is 1.20 bits per heavy atom. The summed E-state index contributed by atoms with van der Waals surface area (Å²) in [7, 11) is 1.80. The number of likely N-dealkylation sites (tertiary alicyclic amines) is 1. The summed E-state index contributed by atoms with van der Waals surface area (Å²) in [4.78, 5) is 36.4. The van der Waals surface area contributed by atoms with Gasteiger partial charge in [-0.05, 0) is 37.3 Å². The quantitative estimate of drug-likeness (QED) is 0.135. The molecular weight excluding hydrogens is 676 g/mol. The van der Waals surface area contributed by atoms with Crippen LogP contribution in [0.3, 0.4) is 0 Å². The summed E-state index contributed by atoms with van der Waals surface area (Å²) in [6, 6.07) is 10.8. The molecule has 6 heterocycles. The maximum absolute atomic E-state index is 16.9. The highest BCUT2D eigenvalue weighted by Crippen LogP contribution is 2.41. The lowest BCUT2D eigenvalue weighted by molar-refractivity contribution is -0.127. The van der Waals surface area contributed by atoms with Crippen LogP contribution in [0.4, 0.5) is 19.0 Å². The number of likely N-dealkylation sites (N-methyl/N-ethyl adjacent to an activating group) is 1. The van der Waals surface area contributed by atoms with Crippen molar-refractivity contribution in [3.05, 3.63) is 76.4 Å². The molecule has 3 fully saturated rings. The molecule has 3 aliphatic heterocycles. The van der Waals surface area contributed by atoms with Crippen molar-refractivity contribution >= 4 is 50.8 Å². The van der Waals surface area contributed by atoms with Gasteiger partial charge >= 0.3 is 6.01 Å². The summed E-state index contributed by atoms with van der Waals surface area (Å²) in [5, 5.41) is 4.00. The van der Waals surface area contributed by atoms with Gasteiger partial charge in [0.15, 0.2) is 11.6 Å². The predicted molar refractivity (Wildman–Crippen MR) is 191 cm³/mol. The minimum atomic E-state index is -0.943. The van der Waals surface area contributed by atoms with Crippen LogP contribution in [-0.4, -0.2) is 93.2 Å². The van der Waals surface area contributed by atoms with Gasteiger partial charge in [-0.25, -0.2) is 18.2 Å². The number of terminal acetylenes is 1. The summed E-state index contributed by atoms with van der Waals surface area (Å²) >= 11 is 1.24. The molecule has 51 heavy (non-hydrogen) atoms. The monoisotopic (exact) mass is 709 g/mol. The minimum absolute atomic E-state index is 0.000893. The van der Waals surface area contributed by atoms with E-state index in [0.29, 0.717) is 58.7 Å². The lowest BCUT2D eigenvalue weighted by Crippen LogP contribution is -2.43. The molecule has 3 atom stereocenters. The Kier molecular flexibility index (Phi) is 8.60. The van der Waals surface area contributed by atoms with E-state index in [1.165, 1.54) is 22.4 Å². The first-order valence-electron chi connectivity index (χ1n) is 16.9. The van der Waals surface area contributed by atoms with Gasteiger partial charge in [0.05, 0.1) is 10.9 Å². The maximum atomic E-state index is 16.9. The number of rotatable bonds is 8. The highest BCUT2D eigenvalue weighted by atomic mass is 32.1. The Labute approximate surface area is 296 Å². The van der Waals surface area contributed by atoms with Crippen molar-refractivity contribution in [3.63, 3.8) is 0 Å². The van der Waals surface area contributed by atoms with Crippen LogP contribution < -0.4 is 9.64 Å². The largest absolute Gasteiger partial charge is 0.461 e. The zero-order valence-electron chi connectivity index (χ0n) is 27.9. The van der Waals surface area contributed by atoms with Crippen LogP contribution in [0.1, 0.15) is 36.3 Å². The molecule has 0 saturated carbocycles. The summed E-state index contributed by atoms with van der Waals surface area (Å²) in [5.41, 5.74) is 0.738. The Morgan fingerprint density at radius 3 is 2.84 bits per heavy atom. The third-order valence-corrected chi connectivity index (χ3v) is 11.2. The van der Waals surface area contributed by atoms with E-state index in [4.69, 9.17) is 16.1 Å². The number of alkyl halides is 1. The third-order valence-electron chi connectivity index (χ3n) is 10.4. The van der Waals surface area contributed by atoms with Gasteiger partial charge in [-0.1, -0.05) is 36.3 Å². The molecule has 9 nitrogen and oxygen atoms in total. The average molecular weight is 710 g/mol. The van der Waals surface area contributed by atoms with Crippen molar-refractivity contribution in [1.82, 2.24) is 29.7 Å². The fourth-order valence-corrected chi connectivity index (χ4v) is 8.45. The van der Waals surface area contributed by atoms with Gasteiger partial charge in [0.1, 0.15) is 34.8 Å². The van der Waals surface area contributed by atoms with E-state index < -0.39 is 29.3 Å². The molecule has 8 rings (SSSR count). The number of benzene rings is 2. The van der Waals surface area contributed by atoms with Crippen LogP contribution in [0.5, 0.6) is 6.01 Å². The van der Waals surface area contributed by atoms with Gasteiger partial charge < -0.3 is 14.5 Å². The van der Waals surface area contributed by atoms with Crippen molar-refractivity contribution in [2.24, 2.45) is 0 Å². The van der Waals surface area contributed by atoms with E-state index >= 15 is 4.39 Å². The molecule has 3 saturated heterocycles. The summed E-state index contributed by atoms with van der Waals surface area (Å²) in [5.74, 6) is 0.773. The average Bonchev–Trinajstić information content (AvgIpc) is 3.96. The fraction of sp³-hybridized carbons (Fsp3) is 0.342. The van der Waals surface area contributed by atoms with E-state index in [0.717, 1.165) is 30.8 Å². The molecule has 3 aliphatic rings. The number of carbonyl (C=O) groups excluding carboxylic acids is 1. The van der Waals surface area contributed by atoms with Gasteiger partial charge in [0.25, 0.3) is 5.91 Å². The standard InChI is InChI=1S/C38H34F3N7O2S/c1-3-23-7-4-8-24-9-5-10-27(31(23)24)33-32(41)34-28(19-43-33)35(45-37(44-34)50-22-38-12-6-14-48(38)20-25(39)18-38)46(2)26-11-15-47(21-26)36(49)29(40)17-30-42-13-16-51-30/h1,4-5,7-10,13,16-17,19,25-26H,6,11-12,14-15,18,20-22H2,2H3/b29-17-/t25-,26-,38+/m1/s1. The fourth-order valence-electron chi connectivity index (χ4n) is 7.89. The number of pyridine rings is 1. The van der Waals surface area contributed by atoms with E-state index in [1.807, 2.05) is 29.2 Å². The number of carbonyl (C=O) groups is 1. The van der Waals surface area contributed by atoms with Crippen LogP contribution in [0.15, 0.2) is 60.0 Å². The number of halogens is 3. The van der Waals surface area contributed by atoms with Gasteiger partial charge in [-0.15, -0.1) is 17.8 Å². The first-order valence-corrected chi connectivity index (χ1v) is 17.8. The summed E-state index contributed by atoms with van der Waals surface area (Å²) in [6.45, 7) is 1.84. The van der Waals surface area contributed by atoms with Gasteiger partial charge in [-0.2, -0.15) is 9.97 Å². The first kappa shape index (κ1) is 33.1. The number of ether oxygens (including phenoxy) is 1. The molecule has 0 spiro atoms. The highest BCUT2D eigenvalue weighted by Gasteiger charge is 2.49. The molecular formula is C38H34F3N7O2S. The van der Waals surface area contributed by atoms with E-state index in [9.17, 15) is 13.6 Å². The van der Waals surface area contributed by atoms with E-state index in [-0.39, 0.29) is 36.4 Å². The van der Waals surface area contributed by atoms with Gasteiger partial charge in [-0.3, -0.25) is 14.7 Å². The lowest BCUT2D eigenvalue weighted by atomic mass is 9.95. The van der Waals surface area contributed by atoms with Crippen LogP contribution in [0.25, 0.3) is 39.0 Å². The Morgan fingerprint density at radius 2 is 2.04 bits per heavy atom. The topological polar surface area (TPSA) is 87.6 Å². The van der Waals surface area contributed by atoms with Crippen LogP contribution in [0, 0.1) is 18.2 Å². The summed E-state index contributed by atoms with van der Waals surface area (Å²) in [6.07, 6.45) is 11.7. The minimum Gasteiger partial charge on any atom is -0.461 e. The Hall–Kier alpha value is -5.06. The second-order valence-corrected chi connectivity index (χ2v) is 14.3. The number of nitrogens with zero attached hydrogens (tertiary/aromatic N) is 7. The molecule has 0 bridgehead atoms. The number of thiazole rings is 1. The number of anilines is 1. The van der Waals surface area contributed by atoms with Crippen molar-refractivity contribution in [1.29, 1.82) is 0 Å². The molecule has 13 heteroatoms. The molecule has 1 amide bonds. The molecule has 2 aromatic carbocycles. The van der Waals surface area contributed by atoms with Crippen molar-refractivity contribution in [3.8, 4) is 29.6 Å². The smallest absolute Gasteiger partial charge is 0.319 e. The first-order chi connectivity index (χ1) is 24.7. The van der Waals surface area contributed by atoms with Gasteiger partial charge in [0.2, 0.25) is 0 Å². The van der Waals surface area contributed by atoms with Crippen molar-refractivity contribution in [2.75, 3.05) is 44.7 Å². The second-order valence-electron chi connectivity index (χ2n) is 13.4. The maximum Gasteiger partial charge on any atom is 0.319 e. The molecule has 0 unspecified atom stereocenters. The SMILES string of the molecule is C#Cc1cccc2cccc(-c3ncc4c(N(C)[C@@H]5CCN(C(=O)/C(F)=C/c6nccs6)C5)nc(OC[C@@]56CCCN5C[C@H](F)C6)nc4c3F)c12. The molecule has 3 aromatic heterocycles. The molecule has 260 valence electrons.